The Bertz CT molecular complexity index is 772. The first-order valence-electron chi connectivity index (χ1n) is 9.06. The van der Waals surface area contributed by atoms with Gasteiger partial charge in [-0.05, 0) is 57.7 Å². The van der Waals surface area contributed by atoms with Gasteiger partial charge in [-0.15, -0.1) is 0 Å². The lowest BCUT2D eigenvalue weighted by atomic mass is 10.1. The number of carbonyl (C=O) groups excluding carboxylic acids is 2. The number of rotatable bonds is 7. The zero-order valence-electron chi connectivity index (χ0n) is 15.5. The minimum absolute atomic E-state index is 0.0105. The van der Waals surface area contributed by atoms with E-state index >= 15 is 0 Å². The molecule has 1 aromatic carbocycles. The van der Waals surface area contributed by atoms with E-state index in [1.165, 1.54) is 0 Å². The summed E-state index contributed by atoms with van der Waals surface area (Å²) >= 11 is 0. The fraction of sp³-hybridized carbons (Fsp3) is 0.450. The van der Waals surface area contributed by atoms with Crippen molar-refractivity contribution in [3.63, 3.8) is 0 Å². The lowest BCUT2D eigenvalue weighted by Crippen LogP contribution is -2.26. The molecule has 1 heterocycles. The van der Waals surface area contributed by atoms with Gasteiger partial charge in [0.2, 0.25) is 11.8 Å². The van der Waals surface area contributed by atoms with Gasteiger partial charge in [0, 0.05) is 23.6 Å². The van der Waals surface area contributed by atoms with Gasteiger partial charge in [-0.1, -0.05) is 17.3 Å². The van der Waals surface area contributed by atoms with Gasteiger partial charge in [-0.3, -0.25) is 9.59 Å². The third-order valence-corrected chi connectivity index (χ3v) is 4.79. The number of hydrogen-bond donors (Lipinski definition) is 2. The molecular weight excluding hydrogens is 330 g/mol. The van der Waals surface area contributed by atoms with Crippen molar-refractivity contribution in [2.24, 2.45) is 5.92 Å². The van der Waals surface area contributed by atoms with Crippen LogP contribution in [0.5, 0.6) is 0 Å². The van der Waals surface area contributed by atoms with Gasteiger partial charge in [-0.25, -0.2) is 0 Å². The number of amides is 2. The summed E-state index contributed by atoms with van der Waals surface area (Å²) in [6.45, 7) is 5.70. The van der Waals surface area contributed by atoms with E-state index in [1.807, 2.05) is 45.0 Å². The maximum Gasteiger partial charge on any atom is 0.227 e. The molecule has 26 heavy (non-hydrogen) atoms. The van der Waals surface area contributed by atoms with Crippen molar-refractivity contribution < 1.29 is 14.1 Å². The maximum absolute atomic E-state index is 12.2. The van der Waals surface area contributed by atoms with Crippen molar-refractivity contribution in [1.82, 2.24) is 10.5 Å². The molecule has 1 saturated carbocycles. The van der Waals surface area contributed by atoms with E-state index in [4.69, 9.17) is 4.52 Å². The Balaban J connectivity index is 1.49. The fourth-order valence-corrected chi connectivity index (χ4v) is 2.94. The average Bonchev–Trinajstić information content (AvgIpc) is 3.41. The molecule has 1 aromatic heterocycles. The number of anilines is 1. The second-order valence-electron chi connectivity index (χ2n) is 6.98. The molecule has 0 radical (unpaired) electrons. The van der Waals surface area contributed by atoms with E-state index < -0.39 is 0 Å². The summed E-state index contributed by atoms with van der Waals surface area (Å²) in [4.78, 5) is 24.0. The molecule has 6 heteroatoms. The van der Waals surface area contributed by atoms with Crippen molar-refractivity contribution >= 4 is 17.5 Å². The highest BCUT2D eigenvalue weighted by Gasteiger charge is 2.29. The van der Waals surface area contributed by atoms with E-state index in [2.05, 4.69) is 15.8 Å². The predicted molar refractivity (Wildman–Crippen MR) is 98.7 cm³/mol. The molecule has 0 bridgehead atoms. The van der Waals surface area contributed by atoms with Gasteiger partial charge in [0.1, 0.15) is 5.76 Å². The highest BCUT2D eigenvalue weighted by molar-refractivity contribution is 5.94. The lowest BCUT2D eigenvalue weighted by molar-refractivity contribution is -0.121. The van der Waals surface area contributed by atoms with Crippen LogP contribution in [0.4, 0.5) is 5.69 Å². The molecule has 2 aromatic rings. The molecule has 1 fully saturated rings. The zero-order chi connectivity index (χ0) is 18.7. The molecule has 3 rings (SSSR count). The number of aromatic nitrogens is 1. The summed E-state index contributed by atoms with van der Waals surface area (Å²) in [5.41, 5.74) is 3.64. The summed E-state index contributed by atoms with van der Waals surface area (Å²) < 4.78 is 5.12. The number of aryl methyl sites for hydroxylation is 2. The van der Waals surface area contributed by atoms with Crippen LogP contribution < -0.4 is 10.6 Å². The Morgan fingerprint density at radius 2 is 1.92 bits per heavy atom. The van der Waals surface area contributed by atoms with Crippen molar-refractivity contribution in [3.8, 4) is 0 Å². The maximum atomic E-state index is 12.2. The molecule has 1 aliphatic rings. The van der Waals surface area contributed by atoms with Crippen LogP contribution >= 0.6 is 0 Å². The zero-order valence-corrected chi connectivity index (χ0v) is 15.5. The molecule has 0 saturated heterocycles. The number of nitrogens with zero attached hydrogens (tertiary/aromatic N) is 1. The number of carbonyl (C=O) groups is 2. The summed E-state index contributed by atoms with van der Waals surface area (Å²) in [5, 5.41) is 9.83. The van der Waals surface area contributed by atoms with E-state index in [-0.39, 0.29) is 23.8 Å². The normalized spacial score (nSPS) is 14.7. The smallest absolute Gasteiger partial charge is 0.227 e. The first-order valence-corrected chi connectivity index (χ1v) is 9.06. The van der Waals surface area contributed by atoms with Gasteiger partial charge in [-0.2, -0.15) is 0 Å². The monoisotopic (exact) mass is 355 g/mol. The fourth-order valence-electron chi connectivity index (χ4n) is 2.94. The summed E-state index contributed by atoms with van der Waals surface area (Å²) in [5.74, 6) is 1.04. The molecule has 1 atom stereocenters. The molecule has 1 unspecified atom stereocenters. The third kappa shape index (κ3) is 4.50. The van der Waals surface area contributed by atoms with Crippen molar-refractivity contribution in [3.05, 3.63) is 46.8 Å². The Hall–Kier alpha value is -2.63. The van der Waals surface area contributed by atoms with Gasteiger partial charge < -0.3 is 15.2 Å². The van der Waals surface area contributed by atoms with Crippen LogP contribution in [-0.4, -0.2) is 17.0 Å². The molecule has 0 spiro atoms. The van der Waals surface area contributed by atoms with Gasteiger partial charge in [0.05, 0.1) is 11.7 Å². The van der Waals surface area contributed by atoms with Crippen molar-refractivity contribution in [2.45, 2.75) is 52.5 Å². The molecule has 138 valence electrons. The van der Waals surface area contributed by atoms with Gasteiger partial charge in [0.15, 0.2) is 0 Å². The van der Waals surface area contributed by atoms with Crippen LogP contribution in [-0.2, 0) is 16.0 Å². The SMILES string of the molecule is Cc1noc(C)c1CCC(=O)NC(C)c1ccc(NC(=O)C2CC2)cc1. The van der Waals surface area contributed by atoms with Crippen molar-refractivity contribution in [2.75, 3.05) is 5.32 Å². The topological polar surface area (TPSA) is 84.2 Å². The molecule has 2 amide bonds. The largest absolute Gasteiger partial charge is 0.361 e. The summed E-state index contributed by atoms with van der Waals surface area (Å²) in [6, 6.07) is 7.52. The average molecular weight is 355 g/mol. The van der Waals surface area contributed by atoms with E-state index in [0.717, 1.165) is 41.1 Å². The van der Waals surface area contributed by atoms with E-state index in [9.17, 15) is 9.59 Å². The van der Waals surface area contributed by atoms with Crippen LogP contribution in [0.1, 0.15) is 54.8 Å². The minimum atomic E-state index is -0.0969. The van der Waals surface area contributed by atoms with Gasteiger partial charge in [0.25, 0.3) is 0 Å². The van der Waals surface area contributed by atoms with Crippen molar-refractivity contribution in [1.29, 1.82) is 0 Å². The Morgan fingerprint density at radius 3 is 2.50 bits per heavy atom. The highest BCUT2D eigenvalue weighted by Crippen LogP contribution is 2.30. The molecule has 1 aliphatic carbocycles. The quantitative estimate of drug-likeness (QED) is 0.797. The summed E-state index contributed by atoms with van der Waals surface area (Å²) in [7, 11) is 0. The van der Waals surface area contributed by atoms with Crippen LogP contribution in [0.15, 0.2) is 28.8 Å². The van der Waals surface area contributed by atoms with Crippen LogP contribution in [0.25, 0.3) is 0 Å². The molecule has 6 nitrogen and oxygen atoms in total. The second kappa shape index (κ2) is 7.72. The Labute approximate surface area is 153 Å². The molecule has 2 N–H and O–H groups in total. The second-order valence-corrected chi connectivity index (χ2v) is 6.98. The Kier molecular flexibility index (Phi) is 5.40. The minimum Gasteiger partial charge on any atom is -0.361 e. The lowest BCUT2D eigenvalue weighted by Gasteiger charge is -2.15. The molecule has 0 aliphatic heterocycles. The first kappa shape index (κ1) is 18.2. The number of hydrogen-bond acceptors (Lipinski definition) is 4. The summed E-state index contributed by atoms with van der Waals surface area (Å²) in [6.07, 6.45) is 2.98. The number of benzene rings is 1. The van der Waals surface area contributed by atoms with Crippen LogP contribution in [0, 0.1) is 19.8 Å². The van der Waals surface area contributed by atoms with Crippen LogP contribution in [0.2, 0.25) is 0 Å². The third-order valence-electron chi connectivity index (χ3n) is 4.79. The highest BCUT2D eigenvalue weighted by atomic mass is 16.5. The first-order chi connectivity index (χ1) is 12.4. The number of nitrogens with one attached hydrogen (secondary N) is 2. The van der Waals surface area contributed by atoms with E-state index in [1.54, 1.807) is 0 Å². The Morgan fingerprint density at radius 1 is 1.23 bits per heavy atom. The predicted octanol–water partition coefficient (Wildman–Crippen LogP) is 3.45. The standard InChI is InChI=1S/C20H25N3O3/c1-12(21-19(24)11-10-18-13(2)23-26-14(18)3)15-6-8-17(9-7-15)22-20(25)16-4-5-16/h6-9,12,16H,4-5,10-11H2,1-3H3,(H,21,24)(H,22,25). The van der Waals surface area contributed by atoms with Crippen LogP contribution in [0.3, 0.4) is 0 Å². The van der Waals surface area contributed by atoms with E-state index in [0.29, 0.717) is 12.8 Å². The van der Waals surface area contributed by atoms with Gasteiger partial charge >= 0.3 is 0 Å². The molecular formula is C20H25N3O3.